The standard InChI is InChI=1S/C12H22O4/c1-4-16-10(13)11(2,3)12(14)6-5-8-15-9-7-12/h14H,4-9H2,1-3H3. The van der Waals surface area contributed by atoms with Crippen molar-refractivity contribution >= 4 is 5.97 Å². The van der Waals surface area contributed by atoms with Gasteiger partial charge in [0.2, 0.25) is 0 Å². The Morgan fingerprint density at radius 3 is 2.75 bits per heavy atom. The summed E-state index contributed by atoms with van der Waals surface area (Å²) in [4.78, 5) is 11.9. The number of esters is 1. The third-order valence-electron chi connectivity index (χ3n) is 3.49. The van der Waals surface area contributed by atoms with Gasteiger partial charge in [-0.25, -0.2) is 0 Å². The van der Waals surface area contributed by atoms with Crippen molar-refractivity contribution in [2.24, 2.45) is 5.41 Å². The zero-order valence-electron chi connectivity index (χ0n) is 10.4. The highest BCUT2D eigenvalue weighted by molar-refractivity contribution is 5.77. The molecule has 0 aromatic heterocycles. The molecule has 4 nitrogen and oxygen atoms in total. The maximum atomic E-state index is 11.9. The number of carbonyl (C=O) groups excluding carboxylic acids is 1. The molecule has 1 N–H and O–H groups in total. The van der Waals surface area contributed by atoms with E-state index in [0.29, 0.717) is 32.7 Å². The Bertz CT molecular complexity index is 239. The van der Waals surface area contributed by atoms with Crippen molar-refractivity contribution in [3.05, 3.63) is 0 Å². The van der Waals surface area contributed by atoms with E-state index in [1.165, 1.54) is 0 Å². The Balaban J connectivity index is 2.81. The lowest BCUT2D eigenvalue weighted by Crippen LogP contribution is -2.50. The smallest absolute Gasteiger partial charge is 0.314 e. The number of carbonyl (C=O) groups is 1. The van der Waals surface area contributed by atoms with Crippen molar-refractivity contribution in [1.82, 2.24) is 0 Å². The fourth-order valence-corrected chi connectivity index (χ4v) is 2.06. The minimum atomic E-state index is -1.02. The summed E-state index contributed by atoms with van der Waals surface area (Å²) in [5.41, 5.74) is -1.90. The summed E-state index contributed by atoms with van der Waals surface area (Å²) in [6.07, 6.45) is 1.84. The molecule has 1 aliphatic heterocycles. The number of aliphatic hydroxyl groups is 1. The summed E-state index contributed by atoms with van der Waals surface area (Å²) < 4.78 is 10.3. The Morgan fingerprint density at radius 2 is 2.12 bits per heavy atom. The van der Waals surface area contributed by atoms with Gasteiger partial charge in [-0.05, 0) is 33.6 Å². The van der Waals surface area contributed by atoms with E-state index >= 15 is 0 Å². The van der Waals surface area contributed by atoms with Crippen molar-refractivity contribution < 1.29 is 19.4 Å². The van der Waals surface area contributed by atoms with Crippen molar-refractivity contribution in [3.63, 3.8) is 0 Å². The lowest BCUT2D eigenvalue weighted by Gasteiger charge is -2.39. The molecule has 1 aliphatic rings. The molecule has 0 radical (unpaired) electrons. The topological polar surface area (TPSA) is 55.8 Å². The van der Waals surface area contributed by atoms with E-state index in [1.54, 1.807) is 20.8 Å². The Hall–Kier alpha value is -0.610. The summed E-state index contributed by atoms with van der Waals surface area (Å²) in [6.45, 7) is 6.76. The Labute approximate surface area is 96.9 Å². The third kappa shape index (κ3) is 2.55. The maximum Gasteiger partial charge on any atom is 0.314 e. The van der Waals surface area contributed by atoms with Gasteiger partial charge in [0, 0.05) is 19.6 Å². The van der Waals surface area contributed by atoms with E-state index in [2.05, 4.69) is 0 Å². The van der Waals surface area contributed by atoms with Crippen LogP contribution in [-0.2, 0) is 14.3 Å². The predicted molar refractivity (Wildman–Crippen MR) is 60.0 cm³/mol. The quantitative estimate of drug-likeness (QED) is 0.747. The molecule has 4 heteroatoms. The van der Waals surface area contributed by atoms with Crippen LogP contribution in [0.1, 0.15) is 40.0 Å². The molecule has 16 heavy (non-hydrogen) atoms. The molecule has 0 aromatic carbocycles. The maximum absolute atomic E-state index is 11.9. The molecule has 0 spiro atoms. The van der Waals surface area contributed by atoms with Crippen LogP contribution in [0.3, 0.4) is 0 Å². The highest BCUT2D eigenvalue weighted by atomic mass is 16.5. The summed E-state index contributed by atoms with van der Waals surface area (Å²) in [7, 11) is 0. The monoisotopic (exact) mass is 230 g/mol. The number of ether oxygens (including phenoxy) is 2. The van der Waals surface area contributed by atoms with E-state index in [9.17, 15) is 9.90 Å². The molecule has 1 heterocycles. The molecule has 0 amide bonds. The van der Waals surface area contributed by atoms with E-state index in [0.717, 1.165) is 6.42 Å². The van der Waals surface area contributed by atoms with Crippen LogP contribution in [0.25, 0.3) is 0 Å². The van der Waals surface area contributed by atoms with Gasteiger partial charge >= 0.3 is 5.97 Å². The van der Waals surface area contributed by atoms with Crippen LogP contribution >= 0.6 is 0 Å². The highest BCUT2D eigenvalue weighted by Gasteiger charge is 2.49. The normalized spacial score (nSPS) is 27.2. The summed E-state index contributed by atoms with van der Waals surface area (Å²) in [5, 5.41) is 10.6. The lowest BCUT2D eigenvalue weighted by atomic mass is 9.71. The molecule has 1 fully saturated rings. The van der Waals surface area contributed by atoms with Crippen LogP contribution in [0.4, 0.5) is 0 Å². The molecular formula is C12H22O4. The number of rotatable bonds is 3. The lowest BCUT2D eigenvalue weighted by molar-refractivity contribution is -0.172. The molecule has 1 unspecified atom stereocenters. The second kappa shape index (κ2) is 5.15. The predicted octanol–water partition coefficient (Wildman–Crippen LogP) is 1.51. The molecule has 1 atom stereocenters. The molecule has 0 aromatic rings. The second-order valence-corrected chi connectivity index (χ2v) is 4.84. The average Bonchev–Trinajstić information content (AvgIpc) is 2.44. The zero-order chi connectivity index (χ0) is 12.2. The molecule has 1 saturated heterocycles. The van der Waals surface area contributed by atoms with Crippen molar-refractivity contribution in [3.8, 4) is 0 Å². The van der Waals surface area contributed by atoms with Gasteiger partial charge in [0.05, 0.1) is 17.6 Å². The van der Waals surface area contributed by atoms with Gasteiger partial charge in [0.15, 0.2) is 0 Å². The van der Waals surface area contributed by atoms with Gasteiger partial charge < -0.3 is 14.6 Å². The second-order valence-electron chi connectivity index (χ2n) is 4.84. The van der Waals surface area contributed by atoms with Crippen LogP contribution < -0.4 is 0 Å². The first-order valence-corrected chi connectivity index (χ1v) is 5.91. The molecular weight excluding hydrogens is 208 g/mol. The Kier molecular flexibility index (Phi) is 4.33. The molecule has 0 bridgehead atoms. The van der Waals surface area contributed by atoms with Gasteiger partial charge in [0.1, 0.15) is 0 Å². The van der Waals surface area contributed by atoms with Gasteiger partial charge in [0.25, 0.3) is 0 Å². The number of hydrogen-bond donors (Lipinski definition) is 1. The first-order chi connectivity index (χ1) is 7.44. The van der Waals surface area contributed by atoms with Crippen LogP contribution in [0.15, 0.2) is 0 Å². The molecule has 0 saturated carbocycles. The van der Waals surface area contributed by atoms with Crippen LogP contribution in [0.2, 0.25) is 0 Å². The zero-order valence-corrected chi connectivity index (χ0v) is 10.4. The van der Waals surface area contributed by atoms with Crippen molar-refractivity contribution in [1.29, 1.82) is 0 Å². The minimum Gasteiger partial charge on any atom is -0.465 e. The SMILES string of the molecule is CCOC(=O)C(C)(C)C1(O)CCCOCC1. The fraction of sp³-hybridized carbons (Fsp3) is 0.917. The van der Waals surface area contributed by atoms with Crippen LogP contribution in [-0.4, -0.2) is 36.5 Å². The van der Waals surface area contributed by atoms with Gasteiger partial charge in [-0.1, -0.05) is 0 Å². The van der Waals surface area contributed by atoms with E-state index in [4.69, 9.17) is 9.47 Å². The first-order valence-electron chi connectivity index (χ1n) is 5.91. The van der Waals surface area contributed by atoms with Crippen molar-refractivity contribution in [2.75, 3.05) is 19.8 Å². The minimum absolute atomic E-state index is 0.334. The molecule has 1 rings (SSSR count). The molecule has 94 valence electrons. The Morgan fingerprint density at radius 1 is 1.44 bits per heavy atom. The molecule has 0 aliphatic carbocycles. The van der Waals surface area contributed by atoms with Gasteiger partial charge in [-0.3, -0.25) is 4.79 Å². The van der Waals surface area contributed by atoms with Crippen molar-refractivity contribution in [2.45, 2.75) is 45.6 Å². The van der Waals surface area contributed by atoms with E-state index in [-0.39, 0.29) is 5.97 Å². The summed E-state index contributed by atoms with van der Waals surface area (Å²) in [5.74, 6) is -0.334. The highest BCUT2D eigenvalue weighted by Crippen LogP contribution is 2.39. The number of hydrogen-bond acceptors (Lipinski definition) is 4. The summed E-state index contributed by atoms with van der Waals surface area (Å²) >= 11 is 0. The average molecular weight is 230 g/mol. The van der Waals surface area contributed by atoms with E-state index in [1.807, 2.05) is 0 Å². The fourth-order valence-electron chi connectivity index (χ4n) is 2.06. The van der Waals surface area contributed by atoms with Crippen LogP contribution in [0, 0.1) is 5.41 Å². The van der Waals surface area contributed by atoms with E-state index < -0.39 is 11.0 Å². The van der Waals surface area contributed by atoms with Gasteiger partial charge in [-0.2, -0.15) is 0 Å². The first kappa shape index (κ1) is 13.5. The largest absolute Gasteiger partial charge is 0.465 e. The third-order valence-corrected chi connectivity index (χ3v) is 3.49. The summed E-state index contributed by atoms with van der Waals surface area (Å²) in [6, 6.07) is 0. The van der Waals surface area contributed by atoms with Crippen LogP contribution in [0.5, 0.6) is 0 Å². The van der Waals surface area contributed by atoms with Gasteiger partial charge in [-0.15, -0.1) is 0 Å².